The lowest BCUT2D eigenvalue weighted by atomic mass is 10.00. The van der Waals surface area contributed by atoms with Crippen molar-refractivity contribution >= 4 is 0 Å². The highest BCUT2D eigenvalue weighted by Crippen LogP contribution is 2.32. The number of methoxy groups -OCH3 is 1. The van der Waals surface area contributed by atoms with Gasteiger partial charge in [-0.05, 0) is 38.3 Å². The van der Waals surface area contributed by atoms with Crippen molar-refractivity contribution < 1.29 is 4.74 Å². The molecule has 0 aromatic carbocycles. The molecule has 0 amide bonds. The standard InChI is InChI=1S/C9H17NO/c1-11-7-8-4-6-10-5-2-3-9(8)10/h8-9H,2-7H2,1H3. The van der Waals surface area contributed by atoms with Crippen molar-refractivity contribution in [2.45, 2.75) is 25.3 Å². The predicted molar refractivity (Wildman–Crippen MR) is 44.6 cm³/mol. The van der Waals surface area contributed by atoms with Crippen LogP contribution in [0.5, 0.6) is 0 Å². The monoisotopic (exact) mass is 155 g/mol. The number of fused-ring (bicyclic) bond motifs is 1. The van der Waals surface area contributed by atoms with Crippen molar-refractivity contribution in [3.8, 4) is 0 Å². The van der Waals surface area contributed by atoms with Crippen LogP contribution in [-0.2, 0) is 4.74 Å². The van der Waals surface area contributed by atoms with Crippen molar-refractivity contribution in [1.29, 1.82) is 0 Å². The van der Waals surface area contributed by atoms with Gasteiger partial charge >= 0.3 is 0 Å². The molecule has 11 heavy (non-hydrogen) atoms. The molecular formula is C9H17NO. The third kappa shape index (κ3) is 1.30. The van der Waals surface area contributed by atoms with Crippen molar-refractivity contribution in [2.24, 2.45) is 5.92 Å². The minimum absolute atomic E-state index is 0.836. The summed E-state index contributed by atoms with van der Waals surface area (Å²) in [5, 5.41) is 0. The number of ether oxygens (including phenoxy) is 1. The summed E-state index contributed by atoms with van der Waals surface area (Å²) in [7, 11) is 1.82. The Morgan fingerprint density at radius 1 is 1.36 bits per heavy atom. The highest BCUT2D eigenvalue weighted by Gasteiger charge is 2.36. The maximum atomic E-state index is 5.21. The van der Waals surface area contributed by atoms with Gasteiger partial charge < -0.3 is 9.64 Å². The molecule has 2 saturated heterocycles. The number of nitrogens with zero attached hydrogens (tertiary/aromatic N) is 1. The van der Waals surface area contributed by atoms with Gasteiger partial charge in [-0.15, -0.1) is 0 Å². The SMILES string of the molecule is COCC1CCN2CCCC12. The molecule has 0 aromatic rings. The largest absolute Gasteiger partial charge is 0.384 e. The highest BCUT2D eigenvalue weighted by molar-refractivity contribution is 4.90. The maximum Gasteiger partial charge on any atom is 0.0505 e. The molecule has 0 radical (unpaired) electrons. The third-order valence-electron chi connectivity index (χ3n) is 3.13. The third-order valence-corrected chi connectivity index (χ3v) is 3.13. The van der Waals surface area contributed by atoms with E-state index >= 15 is 0 Å². The first-order valence-corrected chi connectivity index (χ1v) is 4.65. The van der Waals surface area contributed by atoms with Crippen molar-refractivity contribution in [3.05, 3.63) is 0 Å². The topological polar surface area (TPSA) is 12.5 Å². The first-order chi connectivity index (χ1) is 5.42. The van der Waals surface area contributed by atoms with E-state index in [0.29, 0.717) is 0 Å². The summed E-state index contributed by atoms with van der Waals surface area (Å²) in [5.74, 6) is 0.836. The Hall–Kier alpha value is -0.0800. The quantitative estimate of drug-likeness (QED) is 0.592. The molecule has 2 heterocycles. The molecule has 2 rings (SSSR count). The van der Waals surface area contributed by atoms with Gasteiger partial charge in [0.25, 0.3) is 0 Å². The van der Waals surface area contributed by atoms with Gasteiger partial charge in [-0.2, -0.15) is 0 Å². The molecule has 2 nitrogen and oxygen atoms in total. The van der Waals surface area contributed by atoms with Crippen LogP contribution in [0.25, 0.3) is 0 Å². The van der Waals surface area contributed by atoms with Crippen LogP contribution in [0.1, 0.15) is 19.3 Å². The van der Waals surface area contributed by atoms with E-state index in [-0.39, 0.29) is 0 Å². The smallest absolute Gasteiger partial charge is 0.0505 e. The lowest BCUT2D eigenvalue weighted by Crippen LogP contribution is -2.27. The number of hydrogen-bond acceptors (Lipinski definition) is 2. The number of hydrogen-bond donors (Lipinski definition) is 0. The molecule has 2 aliphatic heterocycles. The van der Waals surface area contributed by atoms with Crippen molar-refractivity contribution in [3.63, 3.8) is 0 Å². The van der Waals surface area contributed by atoms with Crippen LogP contribution in [0, 0.1) is 5.92 Å². The maximum absolute atomic E-state index is 5.21. The van der Waals surface area contributed by atoms with E-state index in [1.165, 1.54) is 32.4 Å². The van der Waals surface area contributed by atoms with Crippen LogP contribution in [-0.4, -0.2) is 37.7 Å². The van der Waals surface area contributed by atoms with E-state index in [9.17, 15) is 0 Å². The van der Waals surface area contributed by atoms with Gasteiger partial charge in [-0.3, -0.25) is 0 Å². The Labute approximate surface area is 68.5 Å². The average Bonchev–Trinajstić information content (AvgIpc) is 2.53. The molecule has 0 saturated carbocycles. The molecule has 0 bridgehead atoms. The summed E-state index contributed by atoms with van der Waals surface area (Å²) in [6.07, 6.45) is 4.18. The second kappa shape index (κ2) is 3.11. The Morgan fingerprint density at radius 2 is 2.27 bits per heavy atom. The van der Waals surface area contributed by atoms with Gasteiger partial charge in [-0.1, -0.05) is 0 Å². The van der Waals surface area contributed by atoms with Crippen LogP contribution in [0.3, 0.4) is 0 Å². The summed E-state index contributed by atoms with van der Waals surface area (Å²) >= 11 is 0. The van der Waals surface area contributed by atoms with Gasteiger partial charge in [0.05, 0.1) is 6.61 Å². The second-order valence-corrected chi connectivity index (χ2v) is 3.75. The van der Waals surface area contributed by atoms with Crippen LogP contribution < -0.4 is 0 Å². The number of rotatable bonds is 2. The van der Waals surface area contributed by atoms with Crippen LogP contribution >= 0.6 is 0 Å². The Kier molecular flexibility index (Phi) is 2.14. The van der Waals surface area contributed by atoms with Gasteiger partial charge in [0.15, 0.2) is 0 Å². The normalized spacial score (nSPS) is 37.9. The van der Waals surface area contributed by atoms with E-state index in [1.807, 2.05) is 7.11 Å². The molecule has 2 heteroatoms. The molecule has 2 fully saturated rings. The minimum atomic E-state index is 0.836. The fourth-order valence-electron chi connectivity index (χ4n) is 2.60. The molecule has 0 aliphatic carbocycles. The van der Waals surface area contributed by atoms with Gasteiger partial charge in [0.1, 0.15) is 0 Å². The second-order valence-electron chi connectivity index (χ2n) is 3.75. The summed E-state index contributed by atoms with van der Waals surface area (Å²) in [4.78, 5) is 2.63. The first kappa shape index (κ1) is 7.56. The van der Waals surface area contributed by atoms with Crippen LogP contribution in [0.4, 0.5) is 0 Å². The van der Waals surface area contributed by atoms with E-state index in [0.717, 1.165) is 18.6 Å². The van der Waals surface area contributed by atoms with Gasteiger partial charge in [0, 0.05) is 13.2 Å². The van der Waals surface area contributed by atoms with Gasteiger partial charge in [0.2, 0.25) is 0 Å². The minimum Gasteiger partial charge on any atom is -0.384 e. The lowest BCUT2D eigenvalue weighted by molar-refractivity contribution is 0.134. The molecule has 64 valence electrons. The fourth-order valence-corrected chi connectivity index (χ4v) is 2.60. The first-order valence-electron chi connectivity index (χ1n) is 4.65. The van der Waals surface area contributed by atoms with Crippen LogP contribution in [0.15, 0.2) is 0 Å². The zero-order valence-corrected chi connectivity index (χ0v) is 7.25. The molecular weight excluding hydrogens is 138 g/mol. The van der Waals surface area contributed by atoms with E-state index in [4.69, 9.17) is 4.74 Å². The summed E-state index contributed by atoms with van der Waals surface area (Å²) < 4.78 is 5.21. The zero-order chi connectivity index (χ0) is 7.68. The Balaban J connectivity index is 1.92. The summed E-state index contributed by atoms with van der Waals surface area (Å²) in [6, 6.07) is 0.870. The predicted octanol–water partition coefficient (Wildman–Crippen LogP) is 1.12. The highest BCUT2D eigenvalue weighted by atomic mass is 16.5. The molecule has 2 unspecified atom stereocenters. The molecule has 2 atom stereocenters. The zero-order valence-electron chi connectivity index (χ0n) is 7.25. The average molecular weight is 155 g/mol. The van der Waals surface area contributed by atoms with Crippen molar-refractivity contribution in [2.75, 3.05) is 26.8 Å². The molecule has 2 aliphatic rings. The van der Waals surface area contributed by atoms with Gasteiger partial charge in [-0.25, -0.2) is 0 Å². The Morgan fingerprint density at radius 3 is 3.09 bits per heavy atom. The summed E-state index contributed by atoms with van der Waals surface area (Å²) in [5.41, 5.74) is 0. The van der Waals surface area contributed by atoms with E-state index in [1.54, 1.807) is 0 Å². The Bertz CT molecular complexity index is 136. The van der Waals surface area contributed by atoms with E-state index < -0.39 is 0 Å². The lowest BCUT2D eigenvalue weighted by Gasteiger charge is -2.18. The fraction of sp³-hybridized carbons (Fsp3) is 1.00. The van der Waals surface area contributed by atoms with Crippen LogP contribution in [0.2, 0.25) is 0 Å². The van der Waals surface area contributed by atoms with E-state index in [2.05, 4.69) is 4.90 Å². The summed E-state index contributed by atoms with van der Waals surface area (Å²) in [6.45, 7) is 3.63. The molecule has 0 N–H and O–H groups in total. The molecule has 0 spiro atoms. The van der Waals surface area contributed by atoms with Crippen molar-refractivity contribution in [1.82, 2.24) is 4.90 Å². The molecule has 0 aromatic heterocycles.